The first-order chi connectivity index (χ1) is 10.2. The van der Waals surface area contributed by atoms with E-state index in [0.29, 0.717) is 5.69 Å². The van der Waals surface area contributed by atoms with Crippen molar-refractivity contribution in [1.82, 2.24) is 0 Å². The second-order valence-corrected chi connectivity index (χ2v) is 6.03. The third kappa shape index (κ3) is 1.99. The molecule has 2 aromatic rings. The van der Waals surface area contributed by atoms with E-state index in [1.54, 1.807) is 12.1 Å². The second kappa shape index (κ2) is 4.76. The number of benzene rings is 2. The molecule has 0 amide bonds. The highest BCUT2D eigenvalue weighted by Crippen LogP contribution is 2.42. The van der Waals surface area contributed by atoms with Crippen molar-refractivity contribution in [1.29, 1.82) is 0 Å². The van der Waals surface area contributed by atoms with Gasteiger partial charge < -0.3 is 10.6 Å². The fraction of sp³-hybridized carbons (Fsp3) is 0.333. The lowest BCUT2D eigenvalue weighted by Gasteiger charge is -2.38. The van der Waals surface area contributed by atoms with Crippen molar-refractivity contribution in [3.05, 3.63) is 47.3 Å². The number of halogens is 1. The zero-order valence-electron chi connectivity index (χ0n) is 12.0. The first-order valence-electron chi connectivity index (χ1n) is 7.69. The smallest absolute Gasteiger partial charge is 0.123 e. The summed E-state index contributed by atoms with van der Waals surface area (Å²) in [5.41, 5.74) is 12.9. The predicted molar refractivity (Wildman–Crippen MR) is 85.1 cm³/mol. The molecule has 2 aliphatic rings. The molecule has 0 bridgehead atoms. The highest BCUT2D eigenvalue weighted by atomic mass is 19.1. The van der Waals surface area contributed by atoms with Crippen LogP contribution < -0.4 is 10.6 Å². The van der Waals surface area contributed by atoms with Crippen LogP contribution in [0.15, 0.2) is 30.3 Å². The molecule has 0 aliphatic carbocycles. The molecule has 21 heavy (non-hydrogen) atoms. The number of rotatable bonds is 1. The summed E-state index contributed by atoms with van der Waals surface area (Å²) in [7, 11) is 0. The van der Waals surface area contributed by atoms with Crippen molar-refractivity contribution in [3.63, 3.8) is 0 Å². The van der Waals surface area contributed by atoms with Gasteiger partial charge in [-0.3, -0.25) is 0 Å². The lowest BCUT2D eigenvalue weighted by Crippen LogP contribution is -2.34. The summed E-state index contributed by atoms with van der Waals surface area (Å²) in [6.07, 6.45) is 4.61. The summed E-state index contributed by atoms with van der Waals surface area (Å²) in [6, 6.07) is 8.99. The van der Waals surface area contributed by atoms with Gasteiger partial charge in [-0.1, -0.05) is 12.1 Å². The van der Waals surface area contributed by atoms with E-state index in [-0.39, 0.29) is 5.82 Å². The fourth-order valence-electron chi connectivity index (χ4n) is 3.79. The Morgan fingerprint density at radius 2 is 1.76 bits per heavy atom. The molecule has 0 saturated carbocycles. The average Bonchev–Trinajstić information content (AvgIpc) is 2.51. The van der Waals surface area contributed by atoms with E-state index < -0.39 is 0 Å². The Morgan fingerprint density at radius 3 is 2.62 bits per heavy atom. The number of aryl methyl sites for hydroxylation is 1. The van der Waals surface area contributed by atoms with Crippen LogP contribution >= 0.6 is 0 Å². The molecule has 0 saturated heterocycles. The van der Waals surface area contributed by atoms with Crippen LogP contribution in [0, 0.1) is 5.82 Å². The second-order valence-electron chi connectivity index (χ2n) is 6.03. The van der Waals surface area contributed by atoms with E-state index in [9.17, 15) is 4.39 Å². The summed E-state index contributed by atoms with van der Waals surface area (Å²) in [5, 5.41) is 0. The molecule has 2 N–H and O–H groups in total. The van der Waals surface area contributed by atoms with Gasteiger partial charge in [0.15, 0.2) is 0 Å². The minimum absolute atomic E-state index is 0.225. The fourth-order valence-corrected chi connectivity index (χ4v) is 3.79. The standard InChI is InChI=1S/C18H19FN2/c19-13-6-8-17(20)16(11-13)14-7-5-12-3-1-9-21-10-2-4-15(14)18(12)21/h5-8,11H,1-4,9-10,20H2. The van der Waals surface area contributed by atoms with Crippen molar-refractivity contribution in [2.45, 2.75) is 25.7 Å². The molecular formula is C18H19FN2. The Balaban J connectivity index is 1.95. The lowest BCUT2D eigenvalue weighted by atomic mass is 9.86. The third-order valence-electron chi connectivity index (χ3n) is 4.72. The predicted octanol–water partition coefficient (Wildman–Crippen LogP) is 3.77. The highest BCUT2D eigenvalue weighted by molar-refractivity contribution is 5.84. The molecular weight excluding hydrogens is 263 g/mol. The quantitative estimate of drug-likeness (QED) is 0.807. The molecule has 2 aromatic carbocycles. The van der Waals surface area contributed by atoms with Gasteiger partial charge >= 0.3 is 0 Å². The van der Waals surface area contributed by atoms with Gasteiger partial charge in [0.1, 0.15) is 5.82 Å². The van der Waals surface area contributed by atoms with Gasteiger partial charge in [0.2, 0.25) is 0 Å². The average molecular weight is 282 g/mol. The van der Waals surface area contributed by atoms with E-state index in [0.717, 1.165) is 37.1 Å². The maximum absolute atomic E-state index is 13.6. The monoisotopic (exact) mass is 282 g/mol. The normalized spacial score (nSPS) is 16.7. The summed E-state index contributed by atoms with van der Waals surface area (Å²) in [5.74, 6) is -0.225. The number of nitrogen functional groups attached to an aromatic ring is 1. The summed E-state index contributed by atoms with van der Waals surface area (Å²) in [6.45, 7) is 2.28. The summed E-state index contributed by atoms with van der Waals surface area (Å²) in [4.78, 5) is 2.50. The maximum Gasteiger partial charge on any atom is 0.123 e. The number of hydrogen-bond donors (Lipinski definition) is 1. The van der Waals surface area contributed by atoms with Crippen LogP contribution in [0.25, 0.3) is 11.1 Å². The van der Waals surface area contributed by atoms with E-state index >= 15 is 0 Å². The number of anilines is 2. The van der Waals surface area contributed by atoms with Crippen molar-refractivity contribution in [2.75, 3.05) is 23.7 Å². The topological polar surface area (TPSA) is 29.3 Å². The first kappa shape index (κ1) is 12.7. The Kier molecular flexibility index (Phi) is 2.88. The van der Waals surface area contributed by atoms with Crippen molar-refractivity contribution in [2.24, 2.45) is 0 Å². The Morgan fingerprint density at radius 1 is 0.952 bits per heavy atom. The molecule has 2 nitrogen and oxygen atoms in total. The van der Waals surface area contributed by atoms with Gasteiger partial charge in [0.05, 0.1) is 0 Å². The van der Waals surface area contributed by atoms with Crippen LogP contribution in [0.1, 0.15) is 24.0 Å². The van der Waals surface area contributed by atoms with Crippen LogP contribution in [-0.2, 0) is 12.8 Å². The molecule has 0 aromatic heterocycles. The third-order valence-corrected chi connectivity index (χ3v) is 4.72. The minimum atomic E-state index is -0.225. The van der Waals surface area contributed by atoms with Crippen molar-refractivity contribution < 1.29 is 4.39 Å². The molecule has 0 spiro atoms. The van der Waals surface area contributed by atoms with Crippen molar-refractivity contribution in [3.8, 4) is 11.1 Å². The van der Waals surface area contributed by atoms with Crippen LogP contribution in [-0.4, -0.2) is 13.1 Å². The number of nitrogens with zero attached hydrogens (tertiary/aromatic N) is 1. The maximum atomic E-state index is 13.6. The molecule has 0 fully saturated rings. The van der Waals surface area contributed by atoms with Gasteiger partial charge in [-0.05, 0) is 60.6 Å². The molecule has 0 radical (unpaired) electrons. The zero-order valence-corrected chi connectivity index (χ0v) is 12.0. The van der Waals surface area contributed by atoms with Gasteiger partial charge in [-0.25, -0.2) is 4.39 Å². The van der Waals surface area contributed by atoms with E-state index in [4.69, 9.17) is 5.73 Å². The molecule has 0 atom stereocenters. The van der Waals surface area contributed by atoms with Gasteiger partial charge in [-0.15, -0.1) is 0 Å². The van der Waals surface area contributed by atoms with Gasteiger partial charge in [-0.2, -0.15) is 0 Å². The lowest BCUT2D eigenvalue weighted by molar-refractivity contribution is 0.628. The molecule has 2 heterocycles. The molecule has 108 valence electrons. The van der Waals surface area contributed by atoms with E-state index in [2.05, 4.69) is 17.0 Å². The Bertz CT molecular complexity index is 707. The van der Waals surface area contributed by atoms with Crippen LogP contribution in [0.5, 0.6) is 0 Å². The van der Waals surface area contributed by atoms with Crippen LogP contribution in [0.3, 0.4) is 0 Å². The van der Waals surface area contributed by atoms with Gasteiger partial charge in [0, 0.05) is 30.0 Å². The van der Waals surface area contributed by atoms with Gasteiger partial charge in [0.25, 0.3) is 0 Å². The molecule has 0 unspecified atom stereocenters. The molecule has 3 heteroatoms. The largest absolute Gasteiger partial charge is 0.398 e. The number of nitrogens with two attached hydrogens (primary N) is 1. The minimum Gasteiger partial charge on any atom is -0.398 e. The first-order valence-corrected chi connectivity index (χ1v) is 7.69. The van der Waals surface area contributed by atoms with Crippen molar-refractivity contribution >= 4 is 11.4 Å². The summed E-state index contributed by atoms with van der Waals surface area (Å²) >= 11 is 0. The Labute approximate surface area is 124 Å². The SMILES string of the molecule is Nc1ccc(F)cc1-c1ccc2c3c1CCCN3CCC2. The van der Waals surface area contributed by atoms with Crippen LogP contribution in [0.2, 0.25) is 0 Å². The Hall–Kier alpha value is -2.03. The van der Waals surface area contributed by atoms with Crippen LogP contribution in [0.4, 0.5) is 15.8 Å². The molecule has 4 rings (SSSR count). The van der Waals surface area contributed by atoms with E-state index in [1.807, 2.05) is 0 Å². The highest BCUT2D eigenvalue weighted by Gasteiger charge is 2.26. The molecule has 2 aliphatic heterocycles. The van der Waals surface area contributed by atoms with E-state index in [1.165, 1.54) is 35.7 Å². The number of hydrogen-bond acceptors (Lipinski definition) is 2. The summed E-state index contributed by atoms with van der Waals surface area (Å²) < 4.78 is 13.6. The zero-order chi connectivity index (χ0) is 14.4.